The van der Waals surface area contributed by atoms with Crippen molar-refractivity contribution in [3.05, 3.63) is 46.5 Å². The van der Waals surface area contributed by atoms with E-state index in [0.29, 0.717) is 17.4 Å². The van der Waals surface area contributed by atoms with Crippen molar-refractivity contribution in [3.63, 3.8) is 0 Å². The van der Waals surface area contributed by atoms with Crippen LogP contribution in [0.25, 0.3) is 11.3 Å². The number of nitrogens with one attached hydrogen (secondary N) is 1. The smallest absolute Gasteiger partial charge is 0.226 e. The van der Waals surface area contributed by atoms with Gasteiger partial charge in [0, 0.05) is 55.5 Å². The van der Waals surface area contributed by atoms with Gasteiger partial charge < -0.3 is 5.32 Å². The monoisotopic (exact) mass is 356 g/mol. The molecule has 8 heteroatoms. The Labute approximate surface area is 149 Å². The Hall–Kier alpha value is -2.67. The second-order valence-corrected chi connectivity index (χ2v) is 6.55. The SMILES string of the molecule is Cc1nn(C)c(Cl)c1[C@@H]1CC(=O)Nc2c1c(-c1cccnc1)nn2C. The fourth-order valence-electron chi connectivity index (χ4n) is 3.49. The number of pyridine rings is 1. The molecule has 4 rings (SSSR count). The van der Waals surface area contributed by atoms with Crippen LogP contribution in [0.3, 0.4) is 0 Å². The van der Waals surface area contributed by atoms with E-state index >= 15 is 0 Å². The molecule has 1 atom stereocenters. The molecule has 128 valence electrons. The zero-order valence-corrected chi connectivity index (χ0v) is 14.9. The van der Waals surface area contributed by atoms with Crippen LogP contribution in [0, 0.1) is 6.92 Å². The van der Waals surface area contributed by atoms with Gasteiger partial charge in [0.15, 0.2) is 0 Å². The third-order valence-electron chi connectivity index (χ3n) is 4.56. The van der Waals surface area contributed by atoms with Crippen molar-refractivity contribution in [2.75, 3.05) is 5.32 Å². The first-order valence-corrected chi connectivity index (χ1v) is 8.31. The highest BCUT2D eigenvalue weighted by Crippen LogP contribution is 2.45. The maximum absolute atomic E-state index is 12.3. The molecule has 3 aromatic heterocycles. The number of carbonyl (C=O) groups excluding carboxylic acids is 1. The molecular formula is C17H17ClN6O. The van der Waals surface area contributed by atoms with E-state index in [0.717, 1.165) is 28.1 Å². The van der Waals surface area contributed by atoms with Crippen LogP contribution in [-0.4, -0.2) is 30.5 Å². The number of nitrogens with zero attached hydrogens (tertiary/aromatic N) is 5. The fraction of sp³-hybridized carbons (Fsp3) is 0.294. The van der Waals surface area contributed by atoms with Crippen molar-refractivity contribution >= 4 is 23.3 Å². The Morgan fingerprint density at radius 1 is 1.24 bits per heavy atom. The number of fused-ring (bicyclic) bond motifs is 1. The molecule has 1 aliphatic rings. The summed E-state index contributed by atoms with van der Waals surface area (Å²) in [6.07, 6.45) is 3.80. The van der Waals surface area contributed by atoms with E-state index in [-0.39, 0.29) is 11.8 Å². The molecule has 0 spiro atoms. The van der Waals surface area contributed by atoms with E-state index in [9.17, 15) is 4.79 Å². The molecule has 1 N–H and O–H groups in total. The molecular weight excluding hydrogens is 340 g/mol. The lowest BCUT2D eigenvalue weighted by Gasteiger charge is -2.24. The molecule has 1 aliphatic heterocycles. The molecule has 0 saturated heterocycles. The lowest BCUT2D eigenvalue weighted by Crippen LogP contribution is -2.25. The fourth-order valence-corrected chi connectivity index (χ4v) is 3.80. The summed E-state index contributed by atoms with van der Waals surface area (Å²) in [4.78, 5) is 16.5. The molecule has 0 saturated carbocycles. The Kier molecular flexibility index (Phi) is 3.61. The van der Waals surface area contributed by atoms with Crippen molar-refractivity contribution in [1.82, 2.24) is 24.5 Å². The number of amides is 1. The van der Waals surface area contributed by atoms with Gasteiger partial charge in [-0.1, -0.05) is 11.6 Å². The number of rotatable bonds is 2. The highest BCUT2D eigenvalue weighted by atomic mass is 35.5. The van der Waals surface area contributed by atoms with Gasteiger partial charge in [0.1, 0.15) is 11.0 Å². The van der Waals surface area contributed by atoms with Crippen LogP contribution in [-0.2, 0) is 18.9 Å². The quantitative estimate of drug-likeness (QED) is 0.765. The first-order chi connectivity index (χ1) is 12.0. The van der Waals surface area contributed by atoms with Gasteiger partial charge in [-0.2, -0.15) is 10.2 Å². The molecule has 0 aromatic carbocycles. The standard InChI is InChI=1S/C17H17ClN6O/c1-9-13(16(18)23(2)21-9)11-7-12(25)20-17-14(11)15(22-24(17)3)10-5-4-6-19-8-10/h4-6,8,11H,7H2,1-3H3,(H,20,25)/t11-/m0/s1. The van der Waals surface area contributed by atoms with Gasteiger partial charge in [0.2, 0.25) is 5.91 Å². The molecule has 0 unspecified atom stereocenters. The van der Waals surface area contributed by atoms with Gasteiger partial charge in [-0.15, -0.1) is 0 Å². The summed E-state index contributed by atoms with van der Waals surface area (Å²) in [5, 5.41) is 12.5. The number of aromatic nitrogens is 5. The first kappa shape index (κ1) is 15.8. The Morgan fingerprint density at radius 2 is 2.04 bits per heavy atom. The van der Waals surface area contributed by atoms with Crippen molar-refractivity contribution in [1.29, 1.82) is 0 Å². The maximum atomic E-state index is 12.3. The van der Waals surface area contributed by atoms with Gasteiger partial charge in [0.05, 0.1) is 11.4 Å². The van der Waals surface area contributed by atoms with Crippen molar-refractivity contribution < 1.29 is 4.79 Å². The third kappa shape index (κ3) is 2.42. The molecule has 3 aromatic rings. The summed E-state index contributed by atoms with van der Waals surface area (Å²) < 4.78 is 3.33. The average Bonchev–Trinajstić information content (AvgIpc) is 3.05. The number of anilines is 1. The predicted molar refractivity (Wildman–Crippen MR) is 94.5 cm³/mol. The average molecular weight is 357 g/mol. The van der Waals surface area contributed by atoms with E-state index in [1.54, 1.807) is 28.8 Å². The van der Waals surface area contributed by atoms with Gasteiger partial charge in [0.25, 0.3) is 0 Å². The summed E-state index contributed by atoms with van der Waals surface area (Å²) in [5.41, 5.74) is 4.35. The van der Waals surface area contributed by atoms with Crippen LogP contribution >= 0.6 is 11.6 Å². The van der Waals surface area contributed by atoms with Crippen molar-refractivity contribution in [2.24, 2.45) is 14.1 Å². The normalized spacial score (nSPS) is 16.6. The van der Waals surface area contributed by atoms with Crippen LogP contribution in [0.2, 0.25) is 5.15 Å². The Morgan fingerprint density at radius 3 is 2.68 bits per heavy atom. The second kappa shape index (κ2) is 5.70. The predicted octanol–water partition coefficient (Wildman–Crippen LogP) is 2.65. The lowest BCUT2D eigenvalue weighted by molar-refractivity contribution is -0.116. The zero-order chi connectivity index (χ0) is 17.7. The van der Waals surface area contributed by atoms with E-state index in [1.807, 2.05) is 26.1 Å². The van der Waals surface area contributed by atoms with Crippen molar-refractivity contribution in [2.45, 2.75) is 19.3 Å². The van der Waals surface area contributed by atoms with E-state index < -0.39 is 0 Å². The molecule has 0 radical (unpaired) electrons. The first-order valence-electron chi connectivity index (χ1n) is 7.93. The lowest BCUT2D eigenvalue weighted by atomic mass is 9.85. The highest BCUT2D eigenvalue weighted by Gasteiger charge is 2.36. The summed E-state index contributed by atoms with van der Waals surface area (Å²) in [7, 11) is 3.62. The molecule has 25 heavy (non-hydrogen) atoms. The Balaban J connectivity index is 1.98. The topological polar surface area (TPSA) is 77.6 Å². The van der Waals surface area contributed by atoms with E-state index in [4.69, 9.17) is 11.6 Å². The van der Waals surface area contributed by atoms with Crippen molar-refractivity contribution in [3.8, 4) is 11.3 Å². The molecule has 1 amide bonds. The minimum Gasteiger partial charge on any atom is -0.311 e. The minimum absolute atomic E-state index is 0.0578. The van der Waals surface area contributed by atoms with Gasteiger partial charge >= 0.3 is 0 Å². The zero-order valence-electron chi connectivity index (χ0n) is 14.1. The minimum atomic E-state index is -0.200. The summed E-state index contributed by atoms with van der Waals surface area (Å²) in [5.74, 6) is 0.436. The van der Waals surface area contributed by atoms with Crippen LogP contribution in [0.15, 0.2) is 24.5 Å². The molecule has 0 bridgehead atoms. The van der Waals surface area contributed by atoms with Gasteiger partial charge in [-0.25, -0.2) is 0 Å². The van der Waals surface area contributed by atoms with Crippen LogP contribution in [0.5, 0.6) is 0 Å². The van der Waals surface area contributed by atoms with Crippen LogP contribution in [0.4, 0.5) is 5.82 Å². The summed E-state index contributed by atoms with van der Waals surface area (Å²) in [6, 6.07) is 3.83. The molecule has 7 nitrogen and oxygen atoms in total. The number of aryl methyl sites for hydroxylation is 3. The van der Waals surface area contributed by atoms with E-state index in [2.05, 4.69) is 20.5 Å². The largest absolute Gasteiger partial charge is 0.311 e. The van der Waals surface area contributed by atoms with E-state index in [1.165, 1.54) is 0 Å². The molecule has 0 aliphatic carbocycles. The second-order valence-electron chi connectivity index (χ2n) is 6.19. The molecule has 0 fully saturated rings. The summed E-state index contributed by atoms with van der Waals surface area (Å²) in [6.45, 7) is 1.91. The van der Waals surface area contributed by atoms with Crippen LogP contribution < -0.4 is 5.32 Å². The Bertz CT molecular complexity index is 975. The van der Waals surface area contributed by atoms with Gasteiger partial charge in [-0.3, -0.25) is 19.1 Å². The summed E-state index contributed by atoms with van der Waals surface area (Å²) >= 11 is 6.50. The third-order valence-corrected chi connectivity index (χ3v) is 5.01. The molecule has 4 heterocycles. The number of hydrogen-bond donors (Lipinski definition) is 1. The number of carbonyl (C=O) groups is 1. The van der Waals surface area contributed by atoms with Crippen LogP contribution in [0.1, 0.15) is 29.2 Å². The van der Waals surface area contributed by atoms with Gasteiger partial charge in [-0.05, 0) is 19.1 Å². The maximum Gasteiger partial charge on any atom is 0.226 e. The highest BCUT2D eigenvalue weighted by molar-refractivity contribution is 6.30. The number of halogens is 1. The number of hydrogen-bond acceptors (Lipinski definition) is 4.